The second-order valence-corrected chi connectivity index (χ2v) is 7.48. The number of piperazine rings is 1. The first kappa shape index (κ1) is 16.5. The lowest BCUT2D eigenvalue weighted by Crippen LogP contribution is -2.51. The van der Waals surface area contributed by atoms with Gasteiger partial charge in [-0.05, 0) is 30.7 Å². The van der Waals surface area contributed by atoms with Crippen molar-refractivity contribution in [1.82, 2.24) is 10.3 Å². The molecule has 1 saturated heterocycles. The van der Waals surface area contributed by atoms with E-state index in [9.17, 15) is 0 Å². The summed E-state index contributed by atoms with van der Waals surface area (Å²) in [5.74, 6) is 0. The fraction of sp³-hybridized carbons (Fsp3) is 0.300. The fourth-order valence-corrected chi connectivity index (χ4v) is 4.37. The third-order valence-electron chi connectivity index (χ3n) is 4.65. The predicted octanol–water partition coefficient (Wildman–Crippen LogP) is 4.01. The molecule has 0 amide bonds. The third-order valence-corrected chi connectivity index (χ3v) is 5.77. The Balaban J connectivity index is 1.68. The van der Waals surface area contributed by atoms with Crippen LogP contribution in [0.15, 0.2) is 58.5 Å². The summed E-state index contributed by atoms with van der Waals surface area (Å²) >= 11 is 1.83. The van der Waals surface area contributed by atoms with Gasteiger partial charge in [-0.3, -0.25) is 5.32 Å². The Kier molecular flexibility index (Phi) is 4.70. The molecule has 0 radical (unpaired) electrons. The van der Waals surface area contributed by atoms with Gasteiger partial charge in [-0.2, -0.15) is 0 Å². The number of anilines is 1. The second kappa shape index (κ2) is 7.12. The number of benzene rings is 2. The minimum atomic E-state index is 0.0835. The summed E-state index contributed by atoms with van der Waals surface area (Å²) in [4.78, 5) is 8.34. The predicted molar refractivity (Wildman–Crippen MR) is 105 cm³/mol. The lowest BCUT2D eigenvalue weighted by molar-refractivity contribution is 0.0705. The Hall–Kier alpha value is -1.95. The molecule has 4 rings (SSSR count). The number of H-pyrrole nitrogens is 1. The van der Waals surface area contributed by atoms with Crippen molar-refractivity contribution in [2.45, 2.75) is 22.9 Å². The number of nitrogens with one attached hydrogen (secondary N) is 2. The van der Waals surface area contributed by atoms with E-state index in [0.717, 1.165) is 19.6 Å². The van der Waals surface area contributed by atoms with Crippen LogP contribution in [0.3, 0.4) is 0 Å². The zero-order valence-electron chi connectivity index (χ0n) is 14.6. The fourth-order valence-electron chi connectivity index (χ4n) is 3.30. The van der Waals surface area contributed by atoms with Crippen LogP contribution in [0.4, 0.5) is 5.69 Å². The first-order valence-electron chi connectivity index (χ1n) is 8.60. The molecule has 2 N–H and O–H groups in total. The van der Waals surface area contributed by atoms with E-state index in [0.29, 0.717) is 0 Å². The maximum Gasteiger partial charge on any atom is 0.125 e. The van der Waals surface area contributed by atoms with Crippen molar-refractivity contribution in [1.29, 1.82) is 0 Å². The highest BCUT2D eigenvalue weighted by Crippen LogP contribution is 2.39. The Bertz CT molecular complexity index is 876. The number of aromatic nitrogens is 1. The van der Waals surface area contributed by atoms with E-state index in [-0.39, 0.29) is 6.23 Å². The van der Waals surface area contributed by atoms with Crippen molar-refractivity contribution in [2.24, 2.45) is 0 Å². The molecule has 1 atom stereocenters. The first-order valence-corrected chi connectivity index (χ1v) is 9.42. The smallest absolute Gasteiger partial charge is 0.125 e. The lowest BCUT2D eigenvalue weighted by atomic mass is 10.2. The number of ether oxygens (including phenoxy) is 1. The van der Waals surface area contributed by atoms with E-state index in [1.165, 1.54) is 31.9 Å². The number of hydrogen-bond donors (Lipinski definition) is 2. The topological polar surface area (TPSA) is 40.3 Å². The Labute approximate surface area is 152 Å². The summed E-state index contributed by atoms with van der Waals surface area (Å²) in [5, 5.41) is 4.67. The number of aromatic amines is 1. The van der Waals surface area contributed by atoms with Gasteiger partial charge in [-0.15, -0.1) is 0 Å². The van der Waals surface area contributed by atoms with Gasteiger partial charge in [-0.25, -0.2) is 0 Å². The van der Waals surface area contributed by atoms with Crippen molar-refractivity contribution >= 4 is 28.4 Å². The van der Waals surface area contributed by atoms with Crippen LogP contribution >= 0.6 is 11.8 Å². The molecule has 1 aromatic heterocycles. The average Bonchev–Trinajstić information content (AvgIpc) is 3.06. The Morgan fingerprint density at radius 3 is 2.92 bits per heavy atom. The number of para-hydroxylation sites is 1. The molecular weight excluding hydrogens is 330 g/mol. The highest BCUT2D eigenvalue weighted by Gasteiger charge is 2.21. The summed E-state index contributed by atoms with van der Waals surface area (Å²) in [6, 6.07) is 15.2. The van der Waals surface area contributed by atoms with Gasteiger partial charge >= 0.3 is 0 Å². The molecule has 1 aliphatic heterocycles. The standard InChI is InChI=1S/C20H23N3OS/c1-14-7-8-18(17(11-14)23-10-9-21-20(13-23)24-2)25-19-12-22-16-6-4-3-5-15(16)19/h3-8,11-12,20-22H,9-10,13H2,1-2H3. The van der Waals surface area contributed by atoms with Crippen molar-refractivity contribution in [3.05, 3.63) is 54.2 Å². The van der Waals surface area contributed by atoms with E-state index >= 15 is 0 Å². The van der Waals surface area contributed by atoms with Gasteiger partial charge in [0, 0.05) is 47.1 Å². The molecule has 1 fully saturated rings. The van der Waals surface area contributed by atoms with Gasteiger partial charge in [0.2, 0.25) is 0 Å². The van der Waals surface area contributed by atoms with Gasteiger partial charge in [0.15, 0.2) is 0 Å². The first-order chi connectivity index (χ1) is 12.2. The summed E-state index contributed by atoms with van der Waals surface area (Å²) in [6.07, 6.45) is 2.19. The largest absolute Gasteiger partial charge is 0.365 e. The zero-order valence-corrected chi connectivity index (χ0v) is 15.4. The monoisotopic (exact) mass is 353 g/mol. The van der Waals surface area contributed by atoms with E-state index in [4.69, 9.17) is 4.74 Å². The van der Waals surface area contributed by atoms with Crippen molar-refractivity contribution in [3.8, 4) is 0 Å². The number of fused-ring (bicyclic) bond motifs is 1. The number of aryl methyl sites for hydroxylation is 1. The van der Waals surface area contributed by atoms with Crippen molar-refractivity contribution in [2.75, 3.05) is 31.6 Å². The average molecular weight is 353 g/mol. The van der Waals surface area contributed by atoms with Crippen LogP contribution in [0.2, 0.25) is 0 Å². The molecule has 3 aromatic rings. The second-order valence-electron chi connectivity index (χ2n) is 6.40. The van der Waals surface area contributed by atoms with Crippen LogP contribution in [-0.2, 0) is 4.74 Å². The Morgan fingerprint density at radius 1 is 1.16 bits per heavy atom. The molecule has 0 saturated carbocycles. The van der Waals surface area contributed by atoms with Crippen LogP contribution in [0, 0.1) is 6.92 Å². The van der Waals surface area contributed by atoms with E-state index in [1.807, 2.05) is 11.8 Å². The zero-order chi connectivity index (χ0) is 17.2. The van der Waals surface area contributed by atoms with E-state index in [2.05, 4.69) is 70.8 Å². The molecule has 1 aliphatic rings. The summed E-state index contributed by atoms with van der Waals surface area (Å²) in [5.41, 5.74) is 3.75. The number of nitrogens with zero attached hydrogens (tertiary/aromatic N) is 1. The molecule has 2 heterocycles. The van der Waals surface area contributed by atoms with Crippen LogP contribution in [-0.4, -0.2) is 38.0 Å². The lowest BCUT2D eigenvalue weighted by Gasteiger charge is -2.35. The number of hydrogen-bond acceptors (Lipinski definition) is 4. The molecule has 25 heavy (non-hydrogen) atoms. The normalized spacial score (nSPS) is 18.0. The van der Waals surface area contributed by atoms with Crippen molar-refractivity contribution < 1.29 is 4.74 Å². The summed E-state index contributed by atoms with van der Waals surface area (Å²) < 4.78 is 5.51. The maximum absolute atomic E-state index is 5.51. The molecule has 0 spiro atoms. The van der Waals surface area contributed by atoms with Crippen LogP contribution in [0.25, 0.3) is 10.9 Å². The number of rotatable bonds is 4. The van der Waals surface area contributed by atoms with Gasteiger partial charge < -0.3 is 14.6 Å². The van der Waals surface area contributed by atoms with Crippen LogP contribution in [0.1, 0.15) is 5.56 Å². The van der Waals surface area contributed by atoms with Crippen LogP contribution in [0.5, 0.6) is 0 Å². The molecule has 0 aliphatic carbocycles. The number of methoxy groups -OCH3 is 1. The molecule has 130 valence electrons. The maximum atomic E-state index is 5.51. The summed E-state index contributed by atoms with van der Waals surface area (Å²) in [7, 11) is 1.76. The van der Waals surface area contributed by atoms with Gasteiger partial charge in [0.1, 0.15) is 6.23 Å². The SMILES string of the molecule is COC1CN(c2cc(C)ccc2Sc2c[nH]c3ccccc23)CCN1. The van der Waals surface area contributed by atoms with E-state index < -0.39 is 0 Å². The van der Waals surface area contributed by atoms with Gasteiger partial charge in [0.05, 0.1) is 12.2 Å². The molecule has 2 aromatic carbocycles. The molecular formula is C20H23N3OS. The molecule has 4 nitrogen and oxygen atoms in total. The molecule has 1 unspecified atom stereocenters. The summed E-state index contributed by atoms with van der Waals surface area (Å²) in [6.45, 7) is 4.94. The van der Waals surface area contributed by atoms with Gasteiger partial charge in [-0.1, -0.05) is 36.0 Å². The third kappa shape index (κ3) is 3.40. The van der Waals surface area contributed by atoms with Crippen LogP contribution < -0.4 is 10.2 Å². The molecule has 0 bridgehead atoms. The minimum Gasteiger partial charge on any atom is -0.365 e. The highest BCUT2D eigenvalue weighted by atomic mass is 32.2. The minimum absolute atomic E-state index is 0.0835. The van der Waals surface area contributed by atoms with Gasteiger partial charge in [0.25, 0.3) is 0 Å². The molecule has 5 heteroatoms. The quantitative estimate of drug-likeness (QED) is 0.743. The van der Waals surface area contributed by atoms with Crippen molar-refractivity contribution in [3.63, 3.8) is 0 Å². The highest BCUT2D eigenvalue weighted by molar-refractivity contribution is 7.99. The Morgan fingerprint density at radius 2 is 2.04 bits per heavy atom. The van der Waals surface area contributed by atoms with E-state index in [1.54, 1.807) is 7.11 Å².